The van der Waals surface area contributed by atoms with Crippen molar-refractivity contribution >= 4 is 11.9 Å². The zero-order valence-corrected chi connectivity index (χ0v) is 26.9. The summed E-state index contributed by atoms with van der Waals surface area (Å²) in [4.78, 5) is 25.1. The number of rotatable bonds is 8. The lowest BCUT2D eigenvalue weighted by atomic mass is 9.43. The van der Waals surface area contributed by atoms with Gasteiger partial charge in [-0.3, -0.25) is 0 Å². The molecular weight excluding hydrogens is 568 g/mol. The van der Waals surface area contributed by atoms with Crippen molar-refractivity contribution in [2.24, 2.45) is 46.3 Å². The molecule has 0 saturated heterocycles. The summed E-state index contributed by atoms with van der Waals surface area (Å²) in [6.07, 6.45) is 6.75. The molecule has 2 aromatic rings. The van der Waals surface area contributed by atoms with Gasteiger partial charge in [-0.05, 0) is 141 Å². The highest BCUT2D eigenvalue weighted by atomic mass is 16.5. The second-order valence-electron chi connectivity index (χ2n) is 15.1. The van der Waals surface area contributed by atoms with Crippen LogP contribution >= 0.6 is 0 Å². The quantitative estimate of drug-likeness (QED) is 0.177. The molecule has 4 fully saturated rings. The van der Waals surface area contributed by atoms with E-state index < -0.39 is 18.0 Å². The van der Waals surface area contributed by atoms with Crippen LogP contribution in [0.5, 0.6) is 5.75 Å². The Kier molecular flexibility index (Phi) is 9.17. The standard InChI is InChI=1S/C38H50O7/c1-23(8-7-19-44-35(42)24-11-13-25(14-12-24)36(43)45-28-9-5-4-6-10-28)29-15-16-30-34-31(22-33(41)38(29,30)3)37(2)18-17-27(39)20-26(37)21-32(34)40/h4-6,9-14,23,26-27,29-34,39-41H,7-8,15-22H2,1-3H3/t23-,26+,27-,29-,30+,31+,32-,33+,34+,37+,38-/m1/s1. The Balaban J connectivity index is 1.01. The van der Waals surface area contributed by atoms with Crippen molar-refractivity contribution in [1.29, 1.82) is 0 Å². The summed E-state index contributed by atoms with van der Waals surface area (Å²) in [5, 5.41) is 33.7. The van der Waals surface area contributed by atoms with Crippen molar-refractivity contribution in [3.63, 3.8) is 0 Å². The molecule has 0 spiro atoms. The van der Waals surface area contributed by atoms with Crippen LogP contribution in [0, 0.1) is 46.3 Å². The van der Waals surface area contributed by atoms with E-state index in [1.165, 1.54) is 0 Å². The van der Waals surface area contributed by atoms with E-state index >= 15 is 0 Å². The van der Waals surface area contributed by atoms with Crippen molar-refractivity contribution in [3.8, 4) is 5.75 Å². The molecule has 7 heteroatoms. The Morgan fingerprint density at radius 2 is 1.56 bits per heavy atom. The predicted octanol–water partition coefficient (Wildman–Crippen LogP) is 6.44. The molecule has 0 aliphatic heterocycles. The molecule has 4 saturated carbocycles. The smallest absolute Gasteiger partial charge is 0.343 e. The second-order valence-corrected chi connectivity index (χ2v) is 15.1. The average molecular weight is 619 g/mol. The van der Waals surface area contributed by atoms with Gasteiger partial charge in [-0.25, -0.2) is 9.59 Å². The Bertz CT molecular complexity index is 1340. The SMILES string of the molecule is C[C@H](CCCOC(=O)c1ccc(C(=O)Oc2ccccc2)cc1)[C@H]1CC[C@H]2[C@@H]3[C@H](O)C[C@@H]4C[C@H](O)CC[C@]4(C)[C@H]3C[C@H](O)[C@]12C. The van der Waals surface area contributed by atoms with Gasteiger partial charge in [0.25, 0.3) is 0 Å². The van der Waals surface area contributed by atoms with Crippen LogP contribution in [0.1, 0.15) is 99.3 Å². The van der Waals surface area contributed by atoms with Gasteiger partial charge in [0.05, 0.1) is 36.0 Å². The molecule has 11 atom stereocenters. The van der Waals surface area contributed by atoms with Crippen molar-refractivity contribution in [1.82, 2.24) is 0 Å². The first-order chi connectivity index (χ1) is 21.5. The van der Waals surface area contributed by atoms with E-state index in [1.54, 1.807) is 48.5 Å². The molecule has 0 heterocycles. The molecule has 0 radical (unpaired) electrons. The normalized spacial score (nSPS) is 37.9. The predicted molar refractivity (Wildman–Crippen MR) is 171 cm³/mol. The Labute approximate surface area is 267 Å². The van der Waals surface area contributed by atoms with Gasteiger partial charge in [-0.2, -0.15) is 0 Å². The molecule has 45 heavy (non-hydrogen) atoms. The summed E-state index contributed by atoms with van der Waals surface area (Å²) in [6.45, 7) is 7.22. The third kappa shape index (κ3) is 5.96. The van der Waals surface area contributed by atoms with E-state index in [1.807, 2.05) is 6.07 Å². The van der Waals surface area contributed by atoms with Crippen molar-refractivity contribution in [3.05, 3.63) is 65.7 Å². The Morgan fingerprint density at radius 1 is 0.867 bits per heavy atom. The number of benzene rings is 2. The van der Waals surface area contributed by atoms with Gasteiger partial charge in [-0.1, -0.05) is 39.0 Å². The zero-order valence-electron chi connectivity index (χ0n) is 26.9. The number of esters is 2. The number of carbonyl (C=O) groups excluding carboxylic acids is 2. The first kappa shape index (κ1) is 32.2. The second kappa shape index (κ2) is 12.8. The molecule has 0 unspecified atom stereocenters. The van der Waals surface area contributed by atoms with Crippen LogP contribution in [0.15, 0.2) is 54.6 Å². The van der Waals surface area contributed by atoms with Crippen LogP contribution in [-0.2, 0) is 4.74 Å². The number of aliphatic hydroxyl groups is 3. The highest BCUT2D eigenvalue weighted by molar-refractivity contribution is 5.94. The van der Waals surface area contributed by atoms with Crippen molar-refractivity contribution in [2.45, 2.75) is 96.9 Å². The van der Waals surface area contributed by atoms with Crippen molar-refractivity contribution in [2.75, 3.05) is 6.61 Å². The van der Waals surface area contributed by atoms with Gasteiger partial charge < -0.3 is 24.8 Å². The Morgan fingerprint density at radius 3 is 2.27 bits per heavy atom. The monoisotopic (exact) mass is 618 g/mol. The number of fused-ring (bicyclic) bond motifs is 5. The van der Waals surface area contributed by atoms with E-state index in [-0.39, 0.29) is 29.0 Å². The molecule has 0 bridgehead atoms. The van der Waals surface area contributed by atoms with Crippen molar-refractivity contribution < 1.29 is 34.4 Å². The van der Waals surface area contributed by atoms with E-state index in [0.29, 0.717) is 53.1 Å². The van der Waals surface area contributed by atoms with Crippen LogP contribution < -0.4 is 4.74 Å². The first-order valence-corrected chi connectivity index (χ1v) is 17.1. The van der Waals surface area contributed by atoms with Crippen LogP contribution in [0.25, 0.3) is 0 Å². The summed E-state index contributed by atoms with van der Waals surface area (Å²) < 4.78 is 10.9. The fraction of sp³-hybridized carbons (Fsp3) is 0.632. The summed E-state index contributed by atoms with van der Waals surface area (Å²) in [5.74, 6) is 1.39. The zero-order chi connectivity index (χ0) is 31.9. The summed E-state index contributed by atoms with van der Waals surface area (Å²) >= 11 is 0. The third-order valence-electron chi connectivity index (χ3n) is 12.9. The number of carbonyl (C=O) groups is 2. The number of para-hydroxylation sites is 1. The summed E-state index contributed by atoms with van der Waals surface area (Å²) in [6, 6.07) is 15.2. The lowest BCUT2D eigenvalue weighted by molar-refractivity contribution is -0.207. The molecule has 0 aromatic heterocycles. The molecule has 4 aliphatic rings. The average Bonchev–Trinajstić information content (AvgIpc) is 3.39. The van der Waals surface area contributed by atoms with E-state index in [0.717, 1.165) is 57.8 Å². The number of hydrogen-bond donors (Lipinski definition) is 3. The van der Waals surface area contributed by atoms with Gasteiger partial charge in [-0.15, -0.1) is 0 Å². The van der Waals surface area contributed by atoms with Gasteiger partial charge >= 0.3 is 11.9 Å². The minimum atomic E-state index is -0.484. The molecule has 2 aromatic carbocycles. The highest BCUT2D eigenvalue weighted by Gasteiger charge is 2.65. The molecular formula is C38H50O7. The van der Waals surface area contributed by atoms with Gasteiger partial charge in [0.1, 0.15) is 5.75 Å². The molecule has 0 amide bonds. The molecule has 3 N–H and O–H groups in total. The summed E-state index contributed by atoms with van der Waals surface area (Å²) in [5.41, 5.74) is 0.583. The molecule has 4 aliphatic carbocycles. The first-order valence-electron chi connectivity index (χ1n) is 17.1. The lowest BCUT2D eigenvalue weighted by Gasteiger charge is -2.63. The Hall–Kier alpha value is -2.74. The van der Waals surface area contributed by atoms with E-state index in [2.05, 4.69) is 20.8 Å². The van der Waals surface area contributed by atoms with Crippen LogP contribution in [0.3, 0.4) is 0 Å². The van der Waals surface area contributed by atoms with Gasteiger partial charge in [0.15, 0.2) is 0 Å². The fourth-order valence-corrected chi connectivity index (χ4v) is 10.4. The van der Waals surface area contributed by atoms with Gasteiger partial charge in [0.2, 0.25) is 0 Å². The fourth-order valence-electron chi connectivity index (χ4n) is 10.4. The van der Waals surface area contributed by atoms with Crippen LogP contribution in [-0.4, -0.2) is 52.2 Å². The van der Waals surface area contributed by atoms with Crippen LogP contribution in [0.4, 0.5) is 0 Å². The number of aliphatic hydroxyl groups excluding tert-OH is 3. The van der Waals surface area contributed by atoms with Gasteiger partial charge in [0, 0.05) is 0 Å². The third-order valence-corrected chi connectivity index (χ3v) is 12.9. The molecule has 7 nitrogen and oxygen atoms in total. The minimum absolute atomic E-state index is 0.0742. The van der Waals surface area contributed by atoms with E-state index in [9.17, 15) is 24.9 Å². The molecule has 6 rings (SSSR count). The minimum Gasteiger partial charge on any atom is -0.462 e. The van der Waals surface area contributed by atoms with E-state index in [4.69, 9.17) is 9.47 Å². The maximum absolute atomic E-state index is 12.7. The lowest BCUT2D eigenvalue weighted by Crippen LogP contribution is -2.62. The van der Waals surface area contributed by atoms with Crippen LogP contribution in [0.2, 0.25) is 0 Å². The topological polar surface area (TPSA) is 113 Å². The maximum atomic E-state index is 12.7. The summed E-state index contributed by atoms with van der Waals surface area (Å²) in [7, 11) is 0. The largest absolute Gasteiger partial charge is 0.462 e. The number of hydrogen-bond acceptors (Lipinski definition) is 7. The maximum Gasteiger partial charge on any atom is 0.343 e. The highest BCUT2D eigenvalue weighted by Crippen LogP contribution is 2.68. The molecule has 244 valence electrons. The number of ether oxygens (including phenoxy) is 2.